The molecule has 3 aromatic rings. The second kappa shape index (κ2) is 5.26. The van der Waals surface area contributed by atoms with Gasteiger partial charge in [-0.15, -0.1) is 11.3 Å². The highest BCUT2D eigenvalue weighted by molar-refractivity contribution is 7.16. The summed E-state index contributed by atoms with van der Waals surface area (Å²) in [5, 5.41) is 6.80. The minimum Gasteiger partial charge on any atom is -0.267 e. The van der Waals surface area contributed by atoms with Crippen LogP contribution >= 0.6 is 11.3 Å². The normalized spacial score (nSPS) is 11.6. The van der Waals surface area contributed by atoms with Gasteiger partial charge in [-0.1, -0.05) is 23.8 Å². The van der Waals surface area contributed by atoms with Crippen molar-refractivity contribution in [3.63, 3.8) is 0 Å². The molecule has 0 fully saturated rings. The van der Waals surface area contributed by atoms with Crippen LogP contribution in [0.2, 0.25) is 0 Å². The Morgan fingerprint density at radius 2 is 2.05 bits per heavy atom. The predicted octanol–water partition coefficient (Wildman–Crippen LogP) is 3.27. The van der Waals surface area contributed by atoms with Gasteiger partial charge in [0, 0.05) is 0 Å². The molecule has 106 valence electrons. The average molecular weight is 297 g/mol. The Kier molecular flexibility index (Phi) is 3.43. The standard InChI is InChI=1S/C16H15N3OS/c1-10-4-5-13(11(2)8-10)9-17-19-12(3)18-15-14(16(19)20)6-7-21-15/h4-9H,1-3H3/b17-9-. The quantitative estimate of drug-likeness (QED) is 0.682. The van der Waals surface area contributed by atoms with E-state index in [4.69, 9.17) is 0 Å². The molecule has 3 rings (SSSR count). The molecule has 0 aliphatic carbocycles. The van der Waals surface area contributed by atoms with E-state index in [-0.39, 0.29) is 5.56 Å². The van der Waals surface area contributed by atoms with Crippen LogP contribution in [0.15, 0.2) is 39.5 Å². The summed E-state index contributed by atoms with van der Waals surface area (Å²) in [5.41, 5.74) is 3.21. The van der Waals surface area contributed by atoms with Crippen LogP contribution in [0.5, 0.6) is 0 Å². The summed E-state index contributed by atoms with van der Waals surface area (Å²) in [5.74, 6) is 0.593. The Labute approximate surface area is 126 Å². The van der Waals surface area contributed by atoms with Crippen LogP contribution in [0.4, 0.5) is 0 Å². The average Bonchev–Trinajstić information content (AvgIpc) is 2.89. The van der Waals surface area contributed by atoms with Crippen LogP contribution in [0.3, 0.4) is 0 Å². The lowest BCUT2D eigenvalue weighted by molar-refractivity contribution is 0.772. The van der Waals surface area contributed by atoms with Crippen LogP contribution in [-0.2, 0) is 0 Å². The van der Waals surface area contributed by atoms with Gasteiger partial charge in [-0.25, -0.2) is 4.98 Å². The number of aryl methyl sites for hydroxylation is 3. The summed E-state index contributed by atoms with van der Waals surface area (Å²) >= 11 is 1.47. The summed E-state index contributed by atoms with van der Waals surface area (Å²) in [6.45, 7) is 5.88. The fraction of sp³-hybridized carbons (Fsp3) is 0.188. The summed E-state index contributed by atoms with van der Waals surface area (Å²) in [4.78, 5) is 17.6. The second-order valence-corrected chi connectivity index (χ2v) is 5.91. The molecule has 0 unspecified atom stereocenters. The van der Waals surface area contributed by atoms with Crippen molar-refractivity contribution in [3.8, 4) is 0 Å². The van der Waals surface area contributed by atoms with E-state index in [1.54, 1.807) is 19.2 Å². The lowest BCUT2D eigenvalue weighted by Gasteiger charge is -2.04. The minimum atomic E-state index is -0.125. The Balaban J connectivity index is 2.09. The molecule has 0 amide bonds. The first-order valence-corrected chi connectivity index (χ1v) is 7.52. The molecule has 0 aliphatic rings. The number of benzene rings is 1. The van der Waals surface area contributed by atoms with E-state index in [0.717, 1.165) is 16.0 Å². The van der Waals surface area contributed by atoms with E-state index in [9.17, 15) is 4.79 Å². The molecule has 5 heteroatoms. The molecule has 0 saturated heterocycles. The van der Waals surface area contributed by atoms with Gasteiger partial charge in [0.05, 0.1) is 11.6 Å². The fourth-order valence-corrected chi connectivity index (χ4v) is 3.03. The van der Waals surface area contributed by atoms with E-state index in [0.29, 0.717) is 11.2 Å². The van der Waals surface area contributed by atoms with E-state index >= 15 is 0 Å². The smallest absolute Gasteiger partial charge is 0.267 e. The molecule has 0 aliphatic heterocycles. The van der Waals surface area contributed by atoms with Gasteiger partial charge in [-0.2, -0.15) is 9.78 Å². The topological polar surface area (TPSA) is 47.2 Å². The van der Waals surface area contributed by atoms with Crippen LogP contribution in [0, 0.1) is 20.8 Å². The summed E-state index contributed by atoms with van der Waals surface area (Å²) in [7, 11) is 0. The molecular weight excluding hydrogens is 282 g/mol. The first kappa shape index (κ1) is 13.7. The number of hydrogen-bond acceptors (Lipinski definition) is 4. The van der Waals surface area contributed by atoms with Crippen molar-refractivity contribution in [1.82, 2.24) is 9.66 Å². The van der Waals surface area contributed by atoms with Crippen LogP contribution in [0.25, 0.3) is 10.2 Å². The number of hydrogen-bond donors (Lipinski definition) is 0. The first-order valence-electron chi connectivity index (χ1n) is 6.65. The highest BCUT2D eigenvalue weighted by atomic mass is 32.1. The van der Waals surface area contributed by atoms with Gasteiger partial charge in [0.2, 0.25) is 0 Å². The van der Waals surface area contributed by atoms with Gasteiger partial charge in [0.1, 0.15) is 10.7 Å². The van der Waals surface area contributed by atoms with Crippen molar-refractivity contribution in [2.24, 2.45) is 5.10 Å². The highest BCUT2D eigenvalue weighted by Gasteiger charge is 2.07. The van der Waals surface area contributed by atoms with Crippen molar-refractivity contribution >= 4 is 27.8 Å². The molecule has 0 spiro atoms. The fourth-order valence-electron chi connectivity index (χ4n) is 2.23. The third-order valence-corrected chi connectivity index (χ3v) is 4.18. The Morgan fingerprint density at radius 1 is 1.24 bits per heavy atom. The maximum Gasteiger partial charge on any atom is 0.282 e. The van der Waals surface area contributed by atoms with E-state index < -0.39 is 0 Å². The Hall–Kier alpha value is -2.27. The highest BCUT2D eigenvalue weighted by Crippen LogP contribution is 2.15. The zero-order valence-corrected chi connectivity index (χ0v) is 12.9. The molecule has 2 heterocycles. The molecule has 0 radical (unpaired) electrons. The molecule has 0 N–H and O–H groups in total. The molecule has 0 atom stereocenters. The third-order valence-electron chi connectivity index (χ3n) is 3.38. The van der Waals surface area contributed by atoms with Crippen molar-refractivity contribution < 1.29 is 0 Å². The van der Waals surface area contributed by atoms with Gasteiger partial charge in [-0.05, 0) is 43.3 Å². The number of nitrogens with zero attached hydrogens (tertiary/aromatic N) is 3. The third kappa shape index (κ3) is 2.52. The van der Waals surface area contributed by atoms with Crippen LogP contribution in [0.1, 0.15) is 22.5 Å². The Morgan fingerprint density at radius 3 is 2.81 bits per heavy atom. The molecule has 2 aromatic heterocycles. The maximum atomic E-state index is 12.4. The number of thiophene rings is 1. The molecule has 4 nitrogen and oxygen atoms in total. The predicted molar refractivity (Wildman–Crippen MR) is 87.5 cm³/mol. The lowest BCUT2D eigenvalue weighted by atomic mass is 10.1. The first-order chi connectivity index (χ1) is 10.1. The number of aromatic nitrogens is 2. The van der Waals surface area contributed by atoms with Crippen LogP contribution in [-0.4, -0.2) is 15.9 Å². The maximum absolute atomic E-state index is 12.4. The van der Waals surface area contributed by atoms with Crippen LogP contribution < -0.4 is 5.56 Å². The van der Waals surface area contributed by atoms with E-state index in [1.807, 2.05) is 24.4 Å². The molecular formula is C16H15N3OS. The van der Waals surface area contributed by atoms with Gasteiger partial charge in [0.25, 0.3) is 5.56 Å². The monoisotopic (exact) mass is 297 g/mol. The number of fused-ring (bicyclic) bond motifs is 1. The van der Waals surface area contributed by atoms with Crippen molar-refractivity contribution in [1.29, 1.82) is 0 Å². The number of rotatable bonds is 2. The largest absolute Gasteiger partial charge is 0.282 e. The van der Waals surface area contributed by atoms with Crippen molar-refractivity contribution in [2.45, 2.75) is 20.8 Å². The zero-order chi connectivity index (χ0) is 15.0. The minimum absolute atomic E-state index is 0.125. The molecule has 0 bridgehead atoms. The van der Waals surface area contributed by atoms with Gasteiger partial charge in [-0.3, -0.25) is 4.79 Å². The van der Waals surface area contributed by atoms with E-state index in [2.05, 4.69) is 23.1 Å². The summed E-state index contributed by atoms with van der Waals surface area (Å²) in [6.07, 6.45) is 1.71. The Bertz CT molecular complexity index is 906. The second-order valence-electron chi connectivity index (χ2n) is 5.02. The summed E-state index contributed by atoms with van der Waals surface area (Å²) in [6, 6.07) is 7.92. The summed E-state index contributed by atoms with van der Waals surface area (Å²) < 4.78 is 1.36. The van der Waals surface area contributed by atoms with Gasteiger partial charge >= 0.3 is 0 Å². The molecule has 0 saturated carbocycles. The molecule has 21 heavy (non-hydrogen) atoms. The van der Waals surface area contributed by atoms with Gasteiger partial charge in [0.15, 0.2) is 0 Å². The zero-order valence-electron chi connectivity index (χ0n) is 12.1. The van der Waals surface area contributed by atoms with E-state index in [1.165, 1.54) is 21.6 Å². The van der Waals surface area contributed by atoms with Crippen molar-refractivity contribution in [3.05, 3.63) is 62.5 Å². The van der Waals surface area contributed by atoms with Crippen molar-refractivity contribution in [2.75, 3.05) is 0 Å². The molecule has 1 aromatic carbocycles. The SMILES string of the molecule is Cc1ccc(/C=N\n2c(C)nc3sccc3c2=O)c(C)c1. The van der Waals surface area contributed by atoms with Gasteiger partial charge < -0.3 is 0 Å². The lowest BCUT2D eigenvalue weighted by Crippen LogP contribution is -2.19.